The molecule has 152 valence electrons. The molecule has 6 nitrogen and oxygen atoms in total. The summed E-state index contributed by atoms with van der Waals surface area (Å²) in [7, 11) is 0. The Kier molecular flexibility index (Phi) is 7.12. The van der Waals surface area contributed by atoms with Crippen LogP contribution in [0.1, 0.15) is 24.8 Å². The molecule has 0 saturated carbocycles. The second-order valence-electron chi connectivity index (χ2n) is 6.52. The molecule has 0 N–H and O–H groups in total. The van der Waals surface area contributed by atoms with Gasteiger partial charge in [-0.05, 0) is 54.8 Å². The van der Waals surface area contributed by atoms with Crippen LogP contribution < -0.4 is 4.74 Å². The van der Waals surface area contributed by atoms with Gasteiger partial charge in [0.2, 0.25) is 5.91 Å². The molecule has 29 heavy (non-hydrogen) atoms. The summed E-state index contributed by atoms with van der Waals surface area (Å²) in [5.41, 5.74) is 0.529. The number of rotatable bonds is 5. The standard InChI is InChI=1S/C20H18Cl2N2O4S/c1-2-8-28-18-14(21)9-13(10-15(18)22)11-16-19(26)24(20(27)29-16)12-17(25)23-6-4-3-5-7-23/h1,9-11H,3-8,12H2/b16-11-. The molecule has 0 spiro atoms. The van der Waals surface area contributed by atoms with Gasteiger partial charge in [-0.15, -0.1) is 6.42 Å². The summed E-state index contributed by atoms with van der Waals surface area (Å²) < 4.78 is 5.30. The van der Waals surface area contributed by atoms with Crippen molar-refractivity contribution >= 4 is 58.1 Å². The van der Waals surface area contributed by atoms with Crippen LogP contribution in [0, 0.1) is 12.3 Å². The first-order chi connectivity index (χ1) is 13.9. The molecule has 2 aliphatic heterocycles. The second kappa shape index (κ2) is 9.57. The van der Waals surface area contributed by atoms with Crippen molar-refractivity contribution in [3.05, 3.63) is 32.6 Å². The van der Waals surface area contributed by atoms with Crippen LogP contribution in [0.5, 0.6) is 5.75 Å². The topological polar surface area (TPSA) is 66.9 Å². The predicted molar refractivity (Wildman–Crippen MR) is 114 cm³/mol. The number of nitrogens with zero attached hydrogens (tertiary/aromatic N) is 2. The monoisotopic (exact) mass is 452 g/mol. The van der Waals surface area contributed by atoms with Crippen LogP contribution in [0.15, 0.2) is 17.0 Å². The number of benzene rings is 1. The Bertz CT molecular complexity index is 897. The molecule has 0 atom stereocenters. The number of amides is 3. The van der Waals surface area contributed by atoms with Crippen LogP contribution in [0.2, 0.25) is 10.0 Å². The highest BCUT2D eigenvalue weighted by Crippen LogP contribution is 2.37. The average Bonchev–Trinajstić information content (AvgIpc) is 2.95. The number of likely N-dealkylation sites (tertiary alicyclic amines) is 1. The van der Waals surface area contributed by atoms with Gasteiger partial charge < -0.3 is 9.64 Å². The van der Waals surface area contributed by atoms with Gasteiger partial charge in [0, 0.05) is 13.1 Å². The molecule has 0 aromatic heterocycles. The fourth-order valence-electron chi connectivity index (χ4n) is 3.08. The Morgan fingerprint density at radius 1 is 1.21 bits per heavy atom. The van der Waals surface area contributed by atoms with Crippen molar-refractivity contribution < 1.29 is 19.1 Å². The van der Waals surface area contributed by atoms with Crippen LogP contribution in [0.25, 0.3) is 6.08 Å². The Balaban J connectivity index is 1.74. The van der Waals surface area contributed by atoms with Gasteiger partial charge in [-0.2, -0.15) is 0 Å². The SMILES string of the molecule is C#CCOc1c(Cl)cc(/C=C2\SC(=O)N(CC(=O)N3CCCCC3)C2=O)cc1Cl. The zero-order chi connectivity index (χ0) is 21.0. The summed E-state index contributed by atoms with van der Waals surface area (Å²) in [5, 5.41) is -0.00483. The highest BCUT2D eigenvalue weighted by Gasteiger charge is 2.37. The fourth-order valence-corrected chi connectivity index (χ4v) is 4.53. The third-order valence-corrected chi connectivity index (χ3v) is 5.96. The van der Waals surface area contributed by atoms with Gasteiger partial charge in [0.1, 0.15) is 13.2 Å². The van der Waals surface area contributed by atoms with Gasteiger partial charge in [0.15, 0.2) is 5.75 Å². The predicted octanol–water partition coefficient (Wildman–Crippen LogP) is 4.05. The van der Waals surface area contributed by atoms with E-state index in [0.717, 1.165) is 35.9 Å². The summed E-state index contributed by atoms with van der Waals surface area (Å²) in [6.45, 7) is 1.09. The van der Waals surface area contributed by atoms with E-state index in [-0.39, 0.29) is 39.8 Å². The number of thioether (sulfide) groups is 1. The number of terminal acetylenes is 1. The van der Waals surface area contributed by atoms with Crippen LogP contribution in [-0.2, 0) is 9.59 Å². The molecule has 2 fully saturated rings. The third kappa shape index (κ3) is 5.08. The number of imide groups is 1. The van der Waals surface area contributed by atoms with E-state index in [1.165, 1.54) is 6.08 Å². The maximum absolute atomic E-state index is 12.6. The first-order valence-corrected chi connectivity index (χ1v) is 10.6. The summed E-state index contributed by atoms with van der Waals surface area (Å²) in [6.07, 6.45) is 9.65. The van der Waals surface area contributed by atoms with E-state index in [4.69, 9.17) is 34.4 Å². The van der Waals surface area contributed by atoms with Crippen LogP contribution in [0.4, 0.5) is 4.79 Å². The van der Waals surface area contributed by atoms with Gasteiger partial charge in [-0.1, -0.05) is 29.1 Å². The first kappa shape index (κ1) is 21.6. The molecule has 0 bridgehead atoms. The number of piperidine rings is 1. The van der Waals surface area contributed by atoms with Crippen LogP contribution >= 0.6 is 35.0 Å². The average molecular weight is 453 g/mol. The van der Waals surface area contributed by atoms with Crippen molar-refractivity contribution in [3.63, 3.8) is 0 Å². The molecule has 1 aromatic carbocycles. The molecule has 2 aliphatic rings. The summed E-state index contributed by atoms with van der Waals surface area (Å²) in [4.78, 5) is 40.2. The number of carbonyl (C=O) groups is 3. The Morgan fingerprint density at radius 2 is 1.86 bits per heavy atom. The number of carbonyl (C=O) groups excluding carboxylic acids is 3. The van der Waals surface area contributed by atoms with Gasteiger partial charge in [-0.3, -0.25) is 19.3 Å². The van der Waals surface area contributed by atoms with Crippen molar-refractivity contribution in [1.29, 1.82) is 0 Å². The molecular formula is C20H18Cl2N2O4S. The Labute approximate surface area is 183 Å². The minimum Gasteiger partial charge on any atom is -0.478 e. The van der Waals surface area contributed by atoms with Crippen molar-refractivity contribution in [2.24, 2.45) is 0 Å². The molecule has 2 heterocycles. The van der Waals surface area contributed by atoms with Crippen molar-refractivity contribution in [3.8, 4) is 18.1 Å². The molecule has 1 aromatic rings. The zero-order valence-corrected chi connectivity index (χ0v) is 17.8. The van der Waals surface area contributed by atoms with Crippen molar-refractivity contribution in [1.82, 2.24) is 9.80 Å². The van der Waals surface area contributed by atoms with Crippen molar-refractivity contribution in [2.75, 3.05) is 26.2 Å². The Morgan fingerprint density at radius 3 is 2.48 bits per heavy atom. The Hall–Kier alpha value is -2.14. The first-order valence-electron chi connectivity index (χ1n) is 8.99. The summed E-state index contributed by atoms with van der Waals surface area (Å²) in [5.74, 6) is 1.86. The van der Waals surface area contributed by atoms with Crippen LogP contribution in [-0.4, -0.2) is 53.1 Å². The van der Waals surface area contributed by atoms with E-state index in [2.05, 4.69) is 5.92 Å². The number of hydrogen-bond acceptors (Lipinski definition) is 5. The fraction of sp³-hybridized carbons (Fsp3) is 0.350. The number of hydrogen-bond donors (Lipinski definition) is 0. The number of ether oxygens (including phenoxy) is 1. The minimum absolute atomic E-state index is 0.0166. The third-order valence-electron chi connectivity index (χ3n) is 4.49. The minimum atomic E-state index is -0.509. The molecular weight excluding hydrogens is 435 g/mol. The summed E-state index contributed by atoms with van der Waals surface area (Å²) >= 11 is 13.1. The maximum Gasteiger partial charge on any atom is 0.294 e. The molecule has 0 aliphatic carbocycles. The number of halogens is 2. The van der Waals surface area contributed by atoms with E-state index >= 15 is 0 Å². The lowest BCUT2D eigenvalue weighted by atomic mass is 10.1. The normalized spacial score (nSPS) is 18.3. The second-order valence-corrected chi connectivity index (χ2v) is 8.32. The molecule has 0 unspecified atom stereocenters. The maximum atomic E-state index is 12.6. The van der Waals surface area contributed by atoms with E-state index < -0.39 is 11.1 Å². The largest absolute Gasteiger partial charge is 0.478 e. The molecule has 2 saturated heterocycles. The summed E-state index contributed by atoms with van der Waals surface area (Å²) in [6, 6.07) is 3.12. The zero-order valence-electron chi connectivity index (χ0n) is 15.5. The van der Waals surface area contributed by atoms with E-state index in [1.54, 1.807) is 17.0 Å². The molecule has 9 heteroatoms. The smallest absolute Gasteiger partial charge is 0.294 e. The van der Waals surface area contributed by atoms with Crippen molar-refractivity contribution in [2.45, 2.75) is 19.3 Å². The lowest BCUT2D eigenvalue weighted by Crippen LogP contribution is -2.44. The lowest BCUT2D eigenvalue weighted by Gasteiger charge is -2.27. The van der Waals surface area contributed by atoms with Gasteiger partial charge in [-0.25, -0.2) is 0 Å². The van der Waals surface area contributed by atoms with Gasteiger partial charge in [0.05, 0.1) is 15.0 Å². The van der Waals surface area contributed by atoms with E-state index in [9.17, 15) is 14.4 Å². The lowest BCUT2D eigenvalue weighted by molar-refractivity contribution is -0.136. The molecule has 3 amide bonds. The molecule has 3 rings (SSSR count). The van der Waals surface area contributed by atoms with Gasteiger partial charge >= 0.3 is 0 Å². The molecule has 0 radical (unpaired) electrons. The van der Waals surface area contributed by atoms with E-state index in [1.807, 2.05) is 0 Å². The highest BCUT2D eigenvalue weighted by atomic mass is 35.5. The van der Waals surface area contributed by atoms with Gasteiger partial charge in [0.25, 0.3) is 11.1 Å². The van der Waals surface area contributed by atoms with Crippen LogP contribution in [0.3, 0.4) is 0 Å². The van der Waals surface area contributed by atoms with E-state index in [0.29, 0.717) is 18.7 Å². The quantitative estimate of drug-likeness (QED) is 0.497. The highest BCUT2D eigenvalue weighted by molar-refractivity contribution is 8.18.